The summed E-state index contributed by atoms with van der Waals surface area (Å²) >= 11 is 1.69. The van der Waals surface area contributed by atoms with Gasteiger partial charge in [-0.3, -0.25) is 4.79 Å². The summed E-state index contributed by atoms with van der Waals surface area (Å²) in [5, 5.41) is 1.02. The van der Waals surface area contributed by atoms with E-state index in [9.17, 15) is 4.79 Å². The van der Waals surface area contributed by atoms with Gasteiger partial charge in [0.15, 0.2) is 0 Å². The summed E-state index contributed by atoms with van der Waals surface area (Å²) in [7, 11) is 1.90. The van der Waals surface area contributed by atoms with Crippen molar-refractivity contribution in [2.24, 2.45) is 11.7 Å². The third-order valence-corrected chi connectivity index (χ3v) is 7.02. The second-order valence-electron chi connectivity index (χ2n) is 7.57. The minimum atomic E-state index is 0. The quantitative estimate of drug-likeness (QED) is 0.680. The van der Waals surface area contributed by atoms with E-state index in [1.165, 1.54) is 5.56 Å². The van der Waals surface area contributed by atoms with Gasteiger partial charge >= 0.3 is 0 Å². The second-order valence-corrected chi connectivity index (χ2v) is 8.60. The molecule has 0 spiro atoms. The van der Waals surface area contributed by atoms with Crippen molar-refractivity contribution in [2.75, 3.05) is 7.05 Å². The SMILES string of the molecule is Cc1ccc(-c2nc(C)c(C(C)N(C)C(=O)C[C@@H]3CCC[C@H]3N)s2)cc1.Cl.Cl. The lowest BCUT2D eigenvalue weighted by Crippen LogP contribution is -2.34. The molecule has 1 aromatic carbocycles. The normalized spacial score (nSPS) is 19.5. The lowest BCUT2D eigenvalue weighted by atomic mass is 9.99. The highest BCUT2D eigenvalue weighted by Gasteiger charge is 2.29. The van der Waals surface area contributed by atoms with E-state index >= 15 is 0 Å². The molecule has 4 nitrogen and oxygen atoms in total. The van der Waals surface area contributed by atoms with Crippen molar-refractivity contribution in [1.29, 1.82) is 0 Å². The average molecular weight is 444 g/mol. The van der Waals surface area contributed by atoms with Crippen molar-refractivity contribution >= 4 is 42.1 Å². The minimum absolute atomic E-state index is 0. The highest BCUT2D eigenvalue weighted by atomic mass is 35.5. The molecule has 3 rings (SSSR count). The summed E-state index contributed by atoms with van der Waals surface area (Å²) in [6, 6.07) is 8.64. The molecule has 1 amide bonds. The number of rotatable bonds is 5. The summed E-state index contributed by atoms with van der Waals surface area (Å²) in [5.41, 5.74) is 9.52. The van der Waals surface area contributed by atoms with E-state index in [0.29, 0.717) is 12.3 Å². The molecule has 1 aliphatic rings. The zero-order valence-corrected chi connectivity index (χ0v) is 19.4. The van der Waals surface area contributed by atoms with Crippen LogP contribution < -0.4 is 5.73 Å². The Morgan fingerprint density at radius 2 is 1.89 bits per heavy atom. The van der Waals surface area contributed by atoms with Gasteiger partial charge in [-0.25, -0.2) is 4.98 Å². The number of aromatic nitrogens is 1. The molecular formula is C21H31Cl2N3OS. The molecule has 2 N–H and O–H groups in total. The standard InChI is InChI=1S/C21H29N3OS.2ClH/c1-13-8-10-16(11-9-13)21-23-14(2)20(26-21)15(3)24(4)19(25)12-17-6-5-7-18(17)22;;/h8-11,15,17-18H,5-7,12,22H2,1-4H3;2*1H/t15?,17-,18+;;/m0../s1. The Labute approximate surface area is 184 Å². The number of hydrogen-bond donors (Lipinski definition) is 1. The Kier molecular flexibility index (Phi) is 9.41. The van der Waals surface area contributed by atoms with Gasteiger partial charge in [-0.15, -0.1) is 36.2 Å². The van der Waals surface area contributed by atoms with E-state index in [1.807, 2.05) is 18.9 Å². The van der Waals surface area contributed by atoms with Gasteiger partial charge in [-0.1, -0.05) is 36.2 Å². The number of amides is 1. The third-order valence-electron chi connectivity index (χ3n) is 5.64. The predicted molar refractivity (Wildman–Crippen MR) is 123 cm³/mol. The molecule has 156 valence electrons. The first-order chi connectivity index (χ1) is 12.4. The molecule has 0 saturated heterocycles. The van der Waals surface area contributed by atoms with Crippen molar-refractivity contribution < 1.29 is 4.79 Å². The number of thiazole rings is 1. The number of aryl methyl sites for hydroxylation is 2. The summed E-state index contributed by atoms with van der Waals surface area (Å²) in [6.45, 7) is 6.21. The van der Waals surface area contributed by atoms with Gasteiger partial charge in [0.1, 0.15) is 5.01 Å². The predicted octanol–water partition coefficient (Wildman–Crippen LogP) is 5.31. The van der Waals surface area contributed by atoms with Gasteiger partial charge < -0.3 is 10.6 Å². The molecule has 1 unspecified atom stereocenters. The Balaban J connectivity index is 0.00000196. The van der Waals surface area contributed by atoms with Crippen LogP contribution in [0.2, 0.25) is 0 Å². The van der Waals surface area contributed by atoms with Crippen molar-refractivity contribution in [3.05, 3.63) is 40.4 Å². The number of benzene rings is 1. The van der Waals surface area contributed by atoms with Crippen LogP contribution in [0.4, 0.5) is 0 Å². The number of hydrogen-bond acceptors (Lipinski definition) is 4. The lowest BCUT2D eigenvalue weighted by molar-refractivity contribution is -0.132. The average Bonchev–Trinajstić information content (AvgIpc) is 3.20. The first kappa shape index (κ1) is 24.9. The Bertz CT molecular complexity index is 778. The molecule has 7 heteroatoms. The molecule has 0 radical (unpaired) electrons. The van der Waals surface area contributed by atoms with Gasteiger partial charge in [-0.05, 0) is 39.5 Å². The molecular weight excluding hydrogens is 413 g/mol. The zero-order valence-electron chi connectivity index (χ0n) is 17.0. The summed E-state index contributed by atoms with van der Waals surface area (Å²) in [6.07, 6.45) is 3.83. The molecule has 0 aliphatic heterocycles. The van der Waals surface area contributed by atoms with E-state index in [4.69, 9.17) is 10.7 Å². The van der Waals surface area contributed by atoms with E-state index in [1.54, 1.807) is 11.3 Å². The number of carbonyl (C=O) groups excluding carboxylic acids is 1. The first-order valence-corrected chi connectivity index (χ1v) is 10.2. The number of nitrogens with zero attached hydrogens (tertiary/aromatic N) is 2. The van der Waals surface area contributed by atoms with Crippen LogP contribution in [-0.4, -0.2) is 28.9 Å². The second kappa shape index (κ2) is 10.6. The monoisotopic (exact) mass is 443 g/mol. The van der Waals surface area contributed by atoms with Crippen molar-refractivity contribution in [1.82, 2.24) is 9.88 Å². The van der Waals surface area contributed by atoms with E-state index in [-0.39, 0.29) is 42.8 Å². The molecule has 1 aliphatic carbocycles. The van der Waals surface area contributed by atoms with Crippen LogP contribution in [0.1, 0.15) is 54.8 Å². The van der Waals surface area contributed by atoms with Crippen LogP contribution in [0.3, 0.4) is 0 Å². The van der Waals surface area contributed by atoms with Crippen LogP contribution in [-0.2, 0) is 4.79 Å². The fourth-order valence-electron chi connectivity index (χ4n) is 3.69. The molecule has 0 bridgehead atoms. The fraction of sp³-hybridized carbons (Fsp3) is 0.524. The first-order valence-electron chi connectivity index (χ1n) is 9.42. The number of halogens is 2. The Morgan fingerprint density at radius 1 is 1.25 bits per heavy atom. The molecule has 28 heavy (non-hydrogen) atoms. The van der Waals surface area contributed by atoms with Crippen molar-refractivity contribution in [3.8, 4) is 10.6 Å². The molecule has 2 aromatic rings. The minimum Gasteiger partial charge on any atom is -0.338 e. The van der Waals surface area contributed by atoms with Crippen LogP contribution in [0, 0.1) is 19.8 Å². The van der Waals surface area contributed by atoms with Gasteiger partial charge in [0.05, 0.1) is 16.6 Å². The summed E-state index contributed by atoms with van der Waals surface area (Å²) < 4.78 is 0. The Morgan fingerprint density at radius 3 is 2.46 bits per heavy atom. The maximum absolute atomic E-state index is 12.7. The molecule has 3 atom stereocenters. The molecule has 1 fully saturated rings. The van der Waals surface area contributed by atoms with Gasteiger partial charge in [0.2, 0.25) is 5.91 Å². The number of nitrogens with two attached hydrogens (primary N) is 1. The molecule has 1 aromatic heterocycles. The zero-order chi connectivity index (χ0) is 18.8. The fourth-order valence-corrected chi connectivity index (χ4v) is 4.86. The highest BCUT2D eigenvalue weighted by molar-refractivity contribution is 7.15. The smallest absolute Gasteiger partial charge is 0.223 e. The largest absolute Gasteiger partial charge is 0.338 e. The maximum atomic E-state index is 12.7. The third kappa shape index (κ3) is 5.47. The van der Waals surface area contributed by atoms with Crippen molar-refractivity contribution in [2.45, 2.75) is 58.5 Å². The van der Waals surface area contributed by atoms with Crippen LogP contribution in [0.5, 0.6) is 0 Å². The van der Waals surface area contributed by atoms with Crippen LogP contribution >= 0.6 is 36.2 Å². The van der Waals surface area contributed by atoms with Gasteiger partial charge in [0, 0.05) is 25.1 Å². The van der Waals surface area contributed by atoms with Gasteiger partial charge in [0.25, 0.3) is 0 Å². The Hall–Kier alpha value is -1.14. The van der Waals surface area contributed by atoms with E-state index in [2.05, 4.69) is 38.1 Å². The molecule has 1 heterocycles. The van der Waals surface area contributed by atoms with E-state index in [0.717, 1.165) is 40.4 Å². The van der Waals surface area contributed by atoms with E-state index < -0.39 is 0 Å². The van der Waals surface area contributed by atoms with Crippen molar-refractivity contribution in [3.63, 3.8) is 0 Å². The maximum Gasteiger partial charge on any atom is 0.223 e. The number of carbonyl (C=O) groups is 1. The lowest BCUT2D eigenvalue weighted by Gasteiger charge is -2.26. The van der Waals surface area contributed by atoms with Crippen LogP contribution in [0.25, 0.3) is 10.6 Å². The highest BCUT2D eigenvalue weighted by Crippen LogP contribution is 2.35. The van der Waals surface area contributed by atoms with Gasteiger partial charge in [-0.2, -0.15) is 0 Å². The summed E-state index contributed by atoms with van der Waals surface area (Å²) in [5.74, 6) is 0.521. The van der Waals surface area contributed by atoms with Crippen LogP contribution in [0.15, 0.2) is 24.3 Å². The summed E-state index contributed by atoms with van der Waals surface area (Å²) in [4.78, 5) is 20.5. The topological polar surface area (TPSA) is 59.2 Å². The molecule has 1 saturated carbocycles.